The summed E-state index contributed by atoms with van der Waals surface area (Å²) in [7, 11) is 1.34. The second kappa shape index (κ2) is 7.74. The average molecular weight is 366 g/mol. The average Bonchev–Trinajstić information content (AvgIpc) is 3.47. The molecule has 0 bridgehead atoms. The lowest BCUT2D eigenvalue weighted by atomic mass is 9.88. The Labute approximate surface area is 158 Å². The quantitative estimate of drug-likeness (QED) is 0.548. The van der Waals surface area contributed by atoms with Crippen LogP contribution in [0, 0.1) is 0 Å². The summed E-state index contributed by atoms with van der Waals surface area (Å²) < 4.78 is 9.82. The van der Waals surface area contributed by atoms with E-state index >= 15 is 0 Å². The van der Waals surface area contributed by atoms with Crippen molar-refractivity contribution in [1.29, 1.82) is 0 Å². The summed E-state index contributed by atoms with van der Waals surface area (Å²) in [6, 6.07) is 12.7. The molecule has 1 saturated carbocycles. The summed E-state index contributed by atoms with van der Waals surface area (Å²) >= 11 is 0. The molecule has 0 aliphatic heterocycles. The Kier molecular flexibility index (Phi) is 5.40. The van der Waals surface area contributed by atoms with E-state index in [1.807, 2.05) is 30.3 Å². The van der Waals surface area contributed by atoms with E-state index in [1.165, 1.54) is 7.11 Å². The third kappa shape index (κ3) is 4.08. The SMILES string of the molecule is CCOC(=O)CC1(c2cc(C=O)cc(-c3ccc(C(=O)OC)cc3)c2)CC1. The molecule has 0 spiro atoms. The fraction of sp³-hybridized carbons (Fsp3) is 0.318. The molecule has 2 aromatic rings. The van der Waals surface area contributed by atoms with Gasteiger partial charge in [-0.15, -0.1) is 0 Å². The molecule has 0 atom stereocenters. The third-order valence-corrected chi connectivity index (χ3v) is 4.98. The molecule has 5 nitrogen and oxygen atoms in total. The van der Waals surface area contributed by atoms with Crippen molar-refractivity contribution in [3.63, 3.8) is 0 Å². The van der Waals surface area contributed by atoms with Crippen LogP contribution in [0.5, 0.6) is 0 Å². The van der Waals surface area contributed by atoms with Crippen LogP contribution >= 0.6 is 0 Å². The lowest BCUT2D eigenvalue weighted by Crippen LogP contribution is -2.16. The number of carbonyl (C=O) groups excluding carboxylic acids is 3. The maximum Gasteiger partial charge on any atom is 0.337 e. The van der Waals surface area contributed by atoms with Crippen LogP contribution in [-0.2, 0) is 19.7 Å². The number of esters is 2. The zero-order valence-corrected chi connectivity index (χ0v) is 15.5. The Hall–Kier alpha value is -2.95. The van der Waals surface area contributed by atoms with Gasteiger partial charge in [-0.3, -0.25) is 9.59 Å². The largest absolute Gasteiger partial charge is 0.466 e. The lowest BCUT2D eigenvalue weighted by Gasteiger charge is -2.17. The number of methoxy groups -OCH3 is 1. The number of rotatable bonds is 7. The molecule has 0 saturated heterocycles. The minimum atomic E-state index is -0.393. The molecule has 1 fully saturated rings. The van der Waals surface area contributed by atoms with Gasteiger partial charge in [0.15, 0.2) is 0 Å². The first-order valence-electron chi connectivity index (χ1n) is 8.96. The van der Waals surface area contributed by atoms with Gasteiger partial charge < -0.3 is 9.47 Å². The molecule has 0 amide bonds. The molecule has 0 aromatic heterocycles. The molecule has 1 aliphatic rings. The summed E-state index contributed by atoms with van der Waals surface area (Å²) in [4.78, 5) is 35.0. The van der Waals surface area contributed by atoms with Gasteiger partial charge >= 0.3 is 11.9 Å². The number of ether oxygens (including phenoxy) is 2. The van der Waals surface area contributed by atoms with Gasteiger partial charge in [-0.25, -0.2) is 4.79 Å². The zero-order chi connectivity index (χ0) is 19.4. The van der Waals surface area contributed by atoms with Crippen LogP contribution in [0.3, 0.4) is 0 Å². The smallest absolute Gasteiger partial charge is 0.337 e. The highest BCUT2D eigenvalue weighted by Crippen LogP contribution is 2.52. The molecule has 1 aliphatic carbocycles. The normalized spacial score (nSPS) is 14.3. The molecule has 2 aromatic carbocycles. The topological polar surface area (TPSA) is 69.7 Å². The highest BCUT2D eigenvalue weighted by molar-refractivity contribution is 5.90. The molecule has 5 heteroatoms. The number of benzene rings is 2. The van der Waals surface area contributed by atoms with Crippen LogP contribution in [0.15, 0.2) is 42.5 Å². The fourth-order valence-electron chi connectivity index (χ4n) is 3.32. The van der Waals surface area contributed by atoms with Crippen molar-refractivity contribution in [3.8, 4) is 11.1 Å². The molecule has 0 heterocycles. The summed E-state index contributed by atoms with van der Waals surface area (Å²) in [6.45, 7) is 2.15. The van der Waals surface area contributed by atoms with Crippen molar-refractivity contribution < 1.29 is 23.9 Å². The summed E-state index contributed by atoms with van der Waals surface area (Å²) in [6.07, 6.45) is 2.93. The maximum atomic E-state index is 12.0. The van der Waals surface area contributed by atoms with Gasteiger partial charge in [0, 0.05) is 11.0 Å². The zero-order valence-electron chi connectivity index (χ0n) is 15.5. The Morgan fingerprint density at radius 1 is 1.07 bits per heavy atom. The van der Waals surface area contributed by atoms with Crippen molar-refractivity contribution in [2.45, 2.75) is 31.6 Å². The van der Waals surface area contributed by atoms with Gasteiger partial charge in [0.2, 0.25) is 0 Å². The van der Waals surface area contributed by atoms with Crippen LogP contribution in [0.25, 0.3) is 11.1 Å². The summed E-state index contributed by atoms with van der Waals surface area (Å²) in [5.74, 6) is -0.606. The molecule has 27 heavy (non-hydrogen) atoms. The maximum absolute atomic E-state index is 12.0. The molecular weight excluding hydrogens is 344 g/mol. The number of hydrogen-bond donors (Lipinski definition) is 0. The Morgan fingerprint density at radius 2 is 1.78 bits per heavy atom. The van der Waals surface area contributed by atoms with Crippen molar-refractivity contribution in [2.24, 2.45) is 0 Å². The van der Waals surface area contributed by atoms with Gasteiger partial charge in [-0.05, 0) is 60.7 Å². The van der Waals surface area contributed by atoms with Crippen LogP contribution in [0.2, 0.25) is 0 Å². The highest BCUT2D eigenvalue weighted by atomic mass is 16.5. The minimum absolute atomic E-state index is 0.213. The van der Waals surface area contributed by atoms with Crippen LogP contribution in [0.4, 0.5) is 0 Å². The van der Waals surface area contributed by atoms with E-state index in [9.17, 15) is 14.4 Å². The van der Waals surface area contributed by atoms with Crippen molar-refractivity contribution >= 4 is 18.2 Å². The molecule has 0 radical (unpaired) electrons. The third-order valence-electron chi connectivity index (χ3n) is 4.98. The predicted molar refractivity (Wildman–Crippen MR) is 101 cm³/mol. The van der Waals surface area contributed by atoms with E-state index < -0.39 is 5.97 Å². The van der Waals surface area contributed by atoms with Gasteiger partial charge in [-0.1, -0.05) is 18.2 Å². The minimum Gasteiger partial charge on any atom is -0.466 e. The lowest BCUT2D eigenvalue weighted by molar-refractivity contribution is -0.143. The molecule has 140 valence electrons. The molecular formula is C22H22O5. The highest BCUT2D eigenvalue weighted by Gasteiger charge is 2.46. The van der Waals surface area contributed by atoms with Crippen molar-refractivity contribution in [1.82, 2.24) is 0 Å². The van der Waals surface area contributed by atoms with E-state index in [0.717, 1.165) is 35.8 Å². The first kappa shape index (κ1) is 18.8. The monoisotopic (exact) mass is 366 g/mol. The van der Waals surface area contributed by atoms with Crippen molar-refractivity contribution in [2.75, 3.05) is 13.7 Å². The van der Waals surface area contributed by atoms with E-state index in [0.29, 0.717) is 24.2 Å². The van der Waals surface area contributed by atoms with E-state index in [2.05, 4.69) is 0 Å². The van der Waals surface area contributed by atoms with Gasteiger partial charge in [0.05, 0.1) is 25.7 Å². The summed E-state index contributed by atoms with van der Waals surface area (Å²) in [5.41, 5.74) is 3.53. The van der Waals surface area contributed by atoms with E-state index in [4.69, 9.17) is 9.47 Å². The first-order valence-corrected chi connectivity index (χ1v) is 8.96. The van der Waals surface area contributed by atoms with E-state index in [-0.39, 0.29) is 11.4 Å². The Balaban J connectivity index is 1.93. The van der Waals surface area contributed by atoms with Gasteiger partial charge in [-0.2, -0.15) is 0 Å². The Bertz CT molecular complexity index is 863. The standard InChI is InChI=1S/C22H22O5/c1-3-27-20(24)13-22(8-9-22)19-11-15(14-23)10-18(12-19)16-4-6-17(7-5-16)21(25)26-2/h4-7,10-12,14H,3,8-9,13H2,1-2H3. The predicted octanol–water partition coefficient (Wildman–Crippen LogP) is 3.94. The van der Waals surface area contributed by atoms with Crippen LogP contribution in [-0.4, -0.2) is 31.9 Å². The number of aldehydes is 1. The number of hydrogen-bond acceptors (Lipinski definition) is 5. The summed E-state index contributed by atoms with van der Waals surface area (Å²) in [5, 5.41) is 0. The second-order valence-corrected chi connectivity index (χ2v) is 6.79. The Morgan fingerprint density at radius 3 is 2.33 bits per heavy atom. The van der Waals surface area contributed by atoms with Gasteiger partial charge in [0.25, 0.3) is 0 Å². The van der Waals surface area contributed by atoms with Gasteiger partial charge in [0.1, 0.15) is 6.29 Å². The second-order valence-electron chi connectivity index (χ2n) is 6.79. The fourth-order valence-corrected chi connectivity index (χ4v) is 3.32. The van der Waals surface area contributed by atoms with Crippen LogP contribution in [0.1, 0.15) is 52.5 Å². The molecule has 0 N–H and O–H groups in total. The van der Waals surface area contributed by atoms with Crippen LogP contribution < -0.4 is 0 Å². The first-order chi connectivity index (χ1) is 13.0. The van der Waals surface area contributed by atoms with E-state index in [1.54, 1.807) is 19.1 Å². The molecule has 0 unspecified atom stereocenters. The molecule has 3 rings (SSSR count). The number of carbonyl (C=O) groups is 3. The van der Waals surface area contributed by atoms with Crippen molar-refractivity contribution in [3.05, 3.63) is 59.2 Å².